The van der Waals surface area contributed by atoms with Crippen molar-refractivity contribution in [2.45, 2.75) is 11.8 Å². The van der Waals surface area contributed by atoms with Gasteiger partial charge in [0.1, 0.15) is 4.90 Å². The molecule has 3 N–H and O–H groups in total. The molecule has 0 saturated carbocycles. The van der Waals surface area contributed by atoms with Crippen LogP contribution in [0.2, 0.25) is 0 Å². The van der Waals surface area contributed by atoms with E-state index in [2.05, 4.69) is 10.6 Å². The Morgan fingerprint density at radius 1 is 0.852 bits per heavy atom. The molecule has 3 aromatic rings. The van der Waals surface area contributed by atoms with E-state index in [1.54, 1.807) is 42.5 Å². The largest absolute Gasteiger partial charge is 0.323 e. The zero-order valence-electron chi connectivity index (χ0n) is 14.5. The van der Waals surface area contributed by atoms with Crippen LogP contribution in [-0.2, 0) is 10.1 Å². The molecule has 138 valence electrons. The number of anilines is 2. The second kappa shape index (κ2) is 7.61. The lowest BCUT2D eigenvalue weighted by atomic mass is 10.0. The van der Waals surface area contributed by atoms with Gasteiger partial charge in [-0.2, -0.15) is 8.42 Å². The van der Waals surface area contributed by atoms with E-state index in [4.69, 9.17) is 0 Å². The van der Waals surface area contributed by atoms with Crippen molar-refractivity contribution in [1.29, 1.82) is 0 Å². The molecule has 0 aliphatic rings. The molecule has 0 fully saturated rings. The first-order valence-electron chi connectivity index (χ1n) is 8.15. The lowest BCUT2D eigenvalue weighted by Gasteiger charge is -2.14. The highest BCUT2D eigenvalue weighted by Gasteiger charge is 2.18. The van der Waals surface area contributed by atoms with Crippen molar-refractivity contribution in [1.82, 2.24) is 0 Å². The van der Waals surface area contributed by atoms with E-state index in [9.17, 15) is 17.8 Å². The van der Waals surface area contributed by atoms with Gasteiger partial charge in [-0.15, -0.1) is 0 Å². The number of nitrogens with one attached hydrogen (secondary N) is 2. The van der Waals surface area contributed by atoms with E-state index in [1.807, 2.05) is 25.1 Å². The van der Waals surface area contributed by atoms with E-state index >= 15 is 0 Å². The van der Waals surface area contributed by atoms with Crippen molar-refractivity contribution in [2.75, 3.05) is 10.6 Å². The summed E-state index contributed by atoms with van der Waals surface area (Å²) in [5, 5.41) is 5.47. The van der Waals surface area contributed by atoms with Crippen LogP contribution in [0.5, 0.6) is 0 Å². The molecule has 0 unspecified atom stereocenters. The summed E-state index contributed by atoms with van der Waals surface area (Å²) >= 11 is 0. The van der Waals surface area contributed by atoms with E-state index in [1.165, 1.54) is 12.1 Å². The second-order valence-corrected chi connectivity index (χ2v) is 7.36. The molecule has 0 bridgehead atoms. The molecule has 3 rings (SSSR count). The molecule has 6 nitrogen and oxygen atoms in total. The van der Waals surface area contributed by atoms with Gasteiger partial charge in [0.2, 0.25) is 0 Å². The topological polar surface area (TPSA) is 95.5 Å². The molecule has 3 aromatic carbocycles. The average molecular weight is 382 g/mol. The Labute approximate surface area is 157 Å². The molecule has 0 heterocycles. The van der Waals surface area contributed by atoms with Crippen molar-refractivity contribution in [3.63, 3.8) is 0 Å². The van der Waals surface area contributed by atoms with Crippen molar-refractivity contribution in [2.24, 2.45) is 0 Å². The number of carbonyl (C=O) groups is 1. The molecular formula is C20H18N2O4S. The van der Waals surface area contributed by atoms with Crippen molar-refractivity contribution < 1.29 is 17.8 Å². The highest BCUT2D eigenvalue weighted by molar-refractivity contribution is 7.86. The molecule has 27 heavy (non-hydrogen) atoms. The summed E-state index contributed by atoms with van der Waals surface area (Å²) in [6.45, 7) is 1.92. The Hall–Kier alpha value is -3.16. The predicted molar refractivity (Wildman–Crippen MR) is 106 cm³/mol. The van der Waals surface area contributed by atoms with Crippen LogP contribution >= 0.6 is 0 Å². The van der Waals surface area contributed by atoms with Crippen molar-refractivity contribution in [3.8, 4) is 11.1 Å². The number of hydrogen-bond donors (Lipinski definition) is 3. The molecular weight excluding hydrogens is 364 g/mol. The maximum absolute atomic E-state index is 12.4. The van der Waals surface area contributed by atoms with Crippen molar-refractivity contribution >= 4 is 27.5 Å². The van der Waals surface area contributed by atoms with Gasteiger partial charge in [0.05, 0.1) is 5.69 Å². The molecule has 7 heteroatoms. The highest BCUT2D eigenvalue weighted by atomic mass is 32.2. The smallest absolute Gasteiger partial charge is 0.308 e. The van der Waals surface area contributed by atoms with Crippen LogP contribution < -0.4 is 10.6 Å². The van der Waals surface area contributed by atoms with Gasteiger partial charge in [0.15, 0.2) is 0 Å². The third kappa shape index (κ3) is 4.52. The first-order valence-corrected chi connectivity index (χ1v) is 9.59. The molecule has 0 spiro atoms. The van der Waals surface area contributed by atoms with Gasteiger partial charge in [0, 0.05) is 16.8 Å². The van der Waals surface area contributed by atoms with Crippen LogP contribution in [-0.4, -0.2) is 19.0 Å². The monoisotopic (exact) mass is 382 g/mol. The summed E-state index contributed by atoms with van der Waals surface area (Å²) in [5.74, 6) is 0. The normalized spacial score (nSPS) is 11.0. The SMILES string of the molecule is Cc1cccc(NC(=O)Nc2ccccc2-c2ccccc2S(=O)(=O)O)c1. The highest BCUT2D eigenvalue weighted by Crippen LogP contribution is 2.32. The number of carbonyl (C=O) groups excluding carboxylic acids is 1. The standard InChI is InChI=1S/C20H18N2O4S/c1-14-7-6-8-15(13-14)21-20(23)22-18-11-4-2-9-16(18)17-10-3-5-12-19(17)27(24,25)26/h2-13H,1H3,(H2,21,22,23)(H,24,25,26). The number of urea groups is 1. The maximum atomic E-state index is 12.4. The minimum absolute atomic E-state index is 0.224. The number of rotatable bonds is 4. The van der Waals surface area contributed by atoms with Crippen LogP contribution in [0.3, 0.4) is 0 Å². The van der Waals surface area contributed by atoms with Crippen LogP contribution in [0.15, 0.2) is 77.7 Å². The summed E-state index contributed by atoms with van der Waals surface area (Å²) < 4.78 is 32.9. The summed E-state index contributed by atoms with van der Waals surface area (Å²) in [4.78, 5) is 12.1. The van der Waals surface area contributed by atoms with Crippen LogP contribution in [0.25, 0.3) is 11.1 Å². The Morgan fingerprint density at radius 3 is 2.22 bits per heavy atom. The minimum atomic E-state index is -4.41. The Morgan fingerprint density at radius 2 is 1.52 bits per heavy atom. The summed E-state index contributed by atoms with van der Waals surface area (Å²) in [6.07, 6.45) is 0. The van der Waals surface area contributed by atoms with E-state index in [0.29, 0.717) is 22.5 Å². The van der Waals surface area contributed by atoms with Gasteiger partial charge in [0.25, 0.3) is 10.1 Å². The first kappa shape index (κ1) is 18.6. The third-order valence-electron chi connectivity index (χ3n) is 3.91. The fourth-order valence-corrected chi connectivity index (χ4v) is 3.45. The fourth-order valence-electron chi connectivity index (χ4n) is 2.75. The van der Waals surface area contributed by atoms with Gasteiger partial charge < -0.3 is 10.6 Å². The lowest BCUT2D eigenvalue weighted by Crippen LogP contribution is -2.20. The summed E-state index contributed by atoms with van der Waals surface area (Å²) in [7, 11) is -4.41. The van der Waals surface area contributed by atoms with Gasteiger partial charge >= 0.3 is 6.03 Å². The Bertz CT molecular complexity index is 1090. The zero-order chi connectivity index (χ0) is 19.4. The number of benzene rings is 3. The molecule has 0 aromatic heterocycles. The molecule has 2 amide bonds. The van der Waals surface area contributed by atoms with Gasteiger partial charge in [-0.25, -0.2) is 4.79 Å². The summed E-state index contributed by atoms with van der Waals surface area (Å²) in [5.41, 5.74) is 2.84. The third-order valence-corrected chi connectivity index (χ3v) is 4.82. The molecule has 0 aliphatic heterocycles. The van der Waals surface area contributed by atoms with E-state index < -0.39 is 16.1 Å². The van der Waals surface area contributed by atoms with Crippen molar-refractivity contribution in [3.05, 3.63) is 78.4 Å². The van der Waals surface area contributed by atoms with E-state index in [-0.39, 0.29) is 4.90 Å². The quantitative estimate of drug-likeness (QED) is 0.577. The Kier molecular flexibility index (Phi) is 5.25. The number of amides is 2. The minimum Gasteiger partial charge on any atom is -0.308 e. The number of para-hydroxylation sites is 1. The zero-order valence-corrected chi connectivity index (χ0v) is 15.3. The summed E-state index contributed by atoms with van der Waals surface area (Å²) in [6, 6.07) is 19.7. The number of aryl methyl sites for hydroxylation is 1. The predicted octanol–water partition coefficient (Wildman–Crippen LogP) is 4.55. The van der Waals surface area contributed by atoms with Crippen LogP contribution in [0.4, 0.5) is 16.2 Å². The molecule has 0 radical (unpaired) electrons. The Balaban J connectivity index is 1.93. The molecule has 0 saturated heterocycles. The van der Waals surface area contributed by atoms with E-state index in [0.717, 1.165) is 5.56 Å². The number of hydrogen-bond acceptors (Lipinski definition) is 3. The lowest BCUT2D eigenvalue weighted by molar-refractivity contribution is 0.262. The van der Waals surface area contributed by atoms with Gasteiger partial charge in [-0.3, -0.25) is 4.55 Å². The van der Waals surface area contributed by atoms with Crippen LogP contribution in [0.1, 0.15) is 5.56 Å². The second-order valence-electron chi connectivity index (χ2n) is 5.97. The van der Waals surface area contributed by atoms with Gasteiger partial charge in [-0.1, -0.05) is 48.5 Å². The average Bonchev–Trinajstić information content (AvgIpc) is 2.61. The van der Waals surface area contributed by atoms with Crippen LogP contribution in [0, 0.1) is 6.92 Å². The molecule has 0 aliphatic carbocycles. The maximum Gasteiger partial charge on any atom is 0.323 e. The first-order chi connectivity index (χ1) is 12.8. The fraction of sp³-hybridized carbons (Fsp3) is 0.0500. The molecule has 0 atom stereocenters. The van der Waals surface area contributed by atoms with Gasteiger partial charge in [-0.05, 0) is 36.8 Å².